The minimum atomic E-state index is -0.0392. The van der Waals surface area contributed by atoms with Gasteiger partial charge in [0, 0.05) is 5.39 Å². The Morgan fingerprint density at radius 1 is 1.15 bits per heavy atom. The highest BCUT2D eigenvalue weighted by atomic mass is 16.4. The van der Waals surface area contributed by atoms with Crippen LogP contribution in [-0.2, 0) is 0 Å². The Labute approximate surface area is 118 Å². The molecule has 2 aromatic heterocycles. The number of rotatable bonds is 4. The van der Waals surface area contributed by atoms with Crippen molar-refractivity contribution in [2.75, 3.05) is 6.54 Å². The van der Waals surface area contributed by atoms with Gasteiger partial charge in [-0.3, -0.25) is 0 Å². The molecule has 0 fully saturated rings. The fourth-order valence-corrected chi connectivity index (χ4v) is 2.53. The normalized spacial score (nSPS) is 12.9. The average molecular weight is 269 g/mol. The van der Waals surface area contributed by atoms with E-state index in [0.29, 0.717) is 0 Å². The van der Waals surface area contributed by atoms with E-state index in [9.17, 15) is 0 Å². The van der Waals surface area contributed by atoms with E-state index >= 15 is 0 Å². The Morgan fingerprint density at radius 3 is 2.70 bits per heavy atom. The van der Waals surface area contributed by atoms with Gasteiger partial charge in [0.1, 0.15) is 23.1 Å². The van der Waals surface area contributed by atoms with Gasteiger partial charge < -0.3 is 14.2 Å². The topological polar surface area (TPSA) is 38.3 Å². The molecule has 0 saturated carbocycles. The van der Waals surface area contributed by atoms with Gasteiger partial charge in [-0.15, -0.1) is 0 Å². The molecule has 1 atom stereocenters. The molecule has 3 rings (SSSR count). The van der Waals surface area contributed by atoms with E-state index in [0.717, 1.165) is 34.6 Å². The Kier molecular flexibility index (Phi) is 3.36. The van der Waals surface area contributed by atoms with Gasteiger partial charge in [0.2, 0.25) is 0 Å². The van der Waals surface area contributed by atoms with Crippen LogP contribution < -0.4 is 5.32 Å². The monoisotopic (exact) mass is 269 g/mol. The molecule has 3 aromatic rings. The quantitative estimate of drug-likeness (QED) is 0.765. The molecule has 1 aromatic carbocycles. The van der Waals surface area contributed by atoms with Crippen LogP contribution in [-0.4, -0.2) is 6.54 Å². The Balaban J connectivity index is 2.07. The summed E-state index contributed by atoms with van der Waals surface area (Å²) in [4.78, 5) is 0. The second kappa shape index (κ2) is 5.17. The summed E-state index contributed by atoms with van der Waals surface area (Å²) in [5, 5.41) is 4.56. The van der Waals surface area contributed by atoms with Crippen molar-refractivity contribution in [2.45, 2.75) is 26.8 Å². The van der Waals surface area contributed by atoms with Gasteiger partial charge in [0.05, 0.1) is 6.26 Å². The maximum absolute atomic E-state index is 5.99. The van der Waals surface area contributed by atoms with Crippen molar-refractivity contribution >= 4 is 11.0 Å². The molecule has 0 radical (unpaired) electrons. The molecule has 0 bridgehead atoms. The molecule has 0 spiro atoms. The van der Waals surface area contributed by atoms with Crippen LogP contribution in [0.5, 0.6) is 0 Å². The minimum Gasteiger partial charge on any atom is -0.467 e. The summed E-state index contributed by atoms with van der Waals surface area (Å²) >= 11 is 0. The third-order valence-electron chi connectivity index (χ3n) is 3.55. The lowest BCUT2D eigenvalue weighted by molar-refractivity contribution is 0.402. The second-order valence-electron chi connectivity index (χ2n) is 5.15. The zero-order chi connectivity index (χ0) is 14.1. The molecule has 3 nitrogen and oxygen atoms in total. The first-order valence-corrected chi connectivity index (χ1v) is 6.96. The molecule has 0 aliphatic carbocycles. The summed E-state index contributed by atoms with van der Waals surface area (Å²) in [6, 6.07) is 10.3. The molecule has 0 aliphatic rings. The summed E-state index contributed by atoms with van der Waals surface area (Å²) in [7, 11) is 0. The van der Waals surface area contributed by atoms with E-state index in [1.54, 1.807) is 6.26 Å². The largest absolute Gasteiger partial charge is 0.467 e. The fourth-order valence-electron chi connectivity index (χ4n) is 2.53. The van der Waals surface area contributed by atoms with Gasteiger partial charge in [-0.1, -0.05) is 18.6 Å². The van der Waals surface area contributed by atoms with Crippen LogP contribution in [0.2, 0.25) is 0 Å². The van der Waals surface area contributed by atoms with Crippen molar-refractivity contribution in [3.8, 4) is 0 Å². The van der Waals surface area contributed by atoms with E-state index in [1.807, 2.05) is 12.1 Å². The number of fused-ring (bicyclic) bond motifs is 1. The molecule has 3 heteroatoms. The highest BCUT2D eigenvalue weighted by Gasteiger charge is 2.22. The van der Waals surface area contributed by atoms with E-state index in [-0.39, 0.29) is 6.04 Å². The van der Waals surface area contributed by atoms with Gasteiger partial charge in [-0.2, -0.15) is 0 Å². The maximum Gasteiger partial charge on any atom is 0.134 e. The summed E-state index contributed by atoms with van der Waals surface area (Å²) in [5.74, 6) is 1.81. The van der Waals surface area contributed by atoms with Gasteiger partial charge in [0.15, 0.2) is 0 Å². The molecule has 0 aliphatic heterocycles. The summed E-state index contributed by atoms with van der Waals surface area (Å²) in [6.07, 6.45) is 1.72. The van der Waals surface area contributed by atoms with Gasteiger partial charge >= 0.3 is 0 Å². The van der Waals surface area contributed by atoms with Crippen molar-refractivity contribution < 1.29 is 8.83 Å². The first-order valence-electron chi connectivity index (χ1n) is 6.96. The molecule has 1 unspecified atom stereocenters. The molecule has 20 heavy (non-hydrogen) atoms. The van der Waals surface area contributed by atoms with Gasteiger partial charge in [-0.25, -0.2) is 0 Å². The van der Waals surface area contributed by atoms with Crippen LogP contribution in [0.25, 0.3) is 11.0 Å². The summed E-state index contributed by atoms with van der Waals surface area (Å²) in [6.45, 7) is 7.07. The maximum atomic E-state index is 5.99. The van der Waals surface area contributed by atoms with Crippen molar-refractivity contribution in [2.24, 2.45) is 0 Å². The van der Waals surface area contributed by atoms with Crippen LogP contribution in [0.15, 0.2) is 45.4 Å². The molecular weight excluding hydrogens is 250 g/mol. The summed E-state index contributed by atoms with van der Waals surface area (Å²) in [5.41, 5.74) is 3.28. The Morgan fingerprint density at radius 2 is 2.00 bits per heavy atom. The first-order chi connectivity index (χ1) is 9.69. The van der Waals surface area contributed by atoms with Crippen LogP contribution >= 0.6 is 0 Å². The van der Waals surface area contributed by atoms with Crippen LogP contribution in [0.3, 0.4) is 0 Å². The van der Waals surface area contributed by atoms with E-state index < -0.39 is 0 Å². The smallest absolute Gasteiger partial charge is 0.134 e. The number of furan rings is 2. The highest BCUT2D eigenvalue weighted by molar-refractivity contribution is 5.78. The van der Waals surface area contributed by atoms with Crippen molar-refractivity contribution in [1.29, 1.82) is 0 Å². The predicted molar refractivity (Wildman–Crippen MR) is 79.9 cm³/mol. The zero-order valence-corrected chi connectivity index (χ0v) is 12.1. The molecule has 0 saturated heterocycles. The van der Waals surface area contributed by atoms with Crippen LogP contribution in [0.4, 0.5) is 0 Å². The van der Waals surface area contributed by atoms with Crippen molar-refractivity contribution in [3.63, 3.8) is 0 Å². The highest BCUT2D eigenvalue weighted by Crippen LogP contribution is 2.30. The molecular formula is C17H19NO2. The summed E-state index contributed by atoms with van der Waals surface area (Å²) < 4.78 is 11.6. The lowest BCUT2D eigenvalue weighted by Crippen LogP contribution is -2.21. The number of benzene rings is 1. The van der Waals surface area contributed by atoms with Crippen molar-refractivity contribution in [3.05, 3.63) is 59.2 Å². The number of aryl methyl sites for hydroxylation is 2. The fraction of sp³-hybridized carbons (Fsp3) is 0.294. The zero-order valence-electron chi connectivity index (χ0n) is 12.1. The molecule has 1 N–H and O–H groups in total. The van der Waals surface area contributed by atoms with E-state index in [2.05, 4.69) is 44.3 Å². The van der Waals surface area contributed by atoms with Gasteiger partial charge in [-0.05, 0) is 50.2 Å². The van der Waals surface area contributed by atoms with E-state index in [1.165, 1.54) is 5.56 Å². The molecule has 104 valence electrons. The SMILES string of the molecule is CCNC(c1cc2cc(C)ccc2o1)c1occc1C. The minimum absolute atomic E-state index is 0.0392. The molecule has 2 heterocycles. The number of hydrogen-bond donors (Lipinski definition) is 1. The second-order valence-corrected chi connectivity index (χ2v) is 5.15. The standard InChI is InChI=1S/C17H19NO2/c1-4-18-16(17-12(3)7-8-19-17)15-10-13-9-11(2)5-6-14(13)20-15/h5-10,16,18H,4H2,1-3H3. The predicted octanol–water partition coefficient (Wildman–Crippen LogP) is 4.34. The number of hydrogen-bond acceptors (Lipinski definition) is 3. The van der Waals surface area contributed by atoms with Crippen molar-refractivity contribution in [1.82, 2.24) is 5.32 Å². The van der Waals surface area contributed by atoms with Gasteiger partial charge in [0.25, 0.3) is 0 Å². The van der Waals surface area contributed by atoms with Crippen LogP contribution in [0.1, 0.15) is 35.6 Å². The third-order valence-corrected chi connectivity index (χ3v) is 3.55. The Hall–Kier alpha value is -2.00. The first kappa shape index (κ1) is 13.0. The average Bonchev–Trinajstić information content (AvgIpc) is 3.01. The molecule has 0 amide bonds. The lowest BCUT2D eigenvalue weighted by atomic mass is 10.1. The lowest BCUT2D eigenvalue weighted by Gasteiger charge is -2.13. The van der Waals surface area contributed by atoms with E-state index in [4.69, 9.17) is 8.83 Å². The number of nitrogens with one attached hydrogen (secondary N) is 1. The third kappa shape index (κ3) is 2.25. The Bertz CT molecular complexity index is 724. The van der Waals surface area contributed by atoms with Crippen LogP contribution in [0, 0.1) is 13.8 Å².